The number of benzene rings is 1. The molecule has 0 aromatic heterocycles. The molecule has 0 unspecified atom stereocenters. The Labute approximate surface area is 213 Å². The fourth-order valence-electron chi connectivity index (χ4n) is 4.46. The number of rotatable bonds is 6. The molecule has 2 saturated heterocycles. The van der Waals surface area contributed by atoms with Crippen LogP contribution in [-0.2, 0) is 15.7 Å². The van der Waals surface area contributed by atoms with Gasteiger partial charge in [0.15, 0.2) is 0 Å². The number of ether oxygens (including phenoxy) is 1. The van der Waals surface area contributed by atoms with Crippen molar-refractivity contribution >= 4 is 36.5 Å². The van der Waals surface area contributed by atoms with Crippen molar-refractivity contribution in [2.24, 2.45) is 5.92 Å². The normalized spacial score (nSPS) is 18.7. The van der Waals surface area contributed by atoms with E-state index >= 15 is 0 Å². The van der Waals surface area contributed by atoms with Gasteiger partial charge in [-0.3, -0.25) is 14.6 Å². The maximum atomic E-state index is 13.0. The number of carbonyl (C=O) groups is 1. The lowest BCUT2D eigenvalue weighted by atomic mass is 9.93. The number of carbonyl (C=O) groups excluding carboxylic acids is 1. The van der Waals surface area contributed by atoms with Crippen molar-refractivity contribution in [2.75, 3.05) is 57.3 Å². The number of halogens is 5. The maximum absolute atomic E-state index is 13.0. The number of piperidine rings is 1. The Morgan fingerprint density at radius 2 is 1.59 bits per heavy atom. The van der Waals surface area contributed by atoms with Crippen LogP contribution in [0.1, 0.15) is 45.6 Å². The third-order valence-electron chi connectivity index (χ3n) is 6.24. The monoisotopic (exact) mass is 527 g/mol. The van der Waals surface area contributed by atoms with Crippen LogP contribution in [0.25, 0.3) is 0 Å². The summed E-state index contributed by atoms with van der Waals surface area (Å²) in [6.07, 6.45) is -0.996. The van der Waals surface area contributed by atoms with Crippen LogP contribution in [0.5, 0.6) is 0 Å². The topological polar surface area (TPSA) is 36.0 Å². The van der Waals surface area contributed by atoms with Crippen molar-refractivity contribution in [1.82, 2.24) is 9.80 Å². The van der Waals surface area contributed by atoms with Crippen molar-refractivity contribution in [1.29, 1.82) is 0 Å². The zero-order valence-electron chi connectivity index (χ0n) is 20.3. The number of piperazine rings is 1. The molecular weight excluding hydrogens is 490 g/mol. The van der Waals surface area contributed by atoms with Crippen LogP contribution in [0.3, 0.4) is 0 Å². The molecule has 2 aliphatic rings. The first-order valence-electron chi connectivity index (χ1n) is 11.6. The second-order valence-corrected chi connectivity index (χ2v) is 9.97. The van der Waals surface area contributed by atoms with Crippen molar-refractivity contribution in [3.05, 3.63) is 29.8 Å². The number of esters is 1. The van der Waals surface area contributed by atoms with Gasteiger partial charge in [-0.05, 0) is 83.8 Å². The van der Waals surface area contributed by atoms with Crippen LogP contribution < -0.4 is 4.90 Å². The van der Waals surface area contributed by atoms with Crippen molar-refractivity contribution in [2.45, 2.75) is 51.8 Å². The van der Waals surface area contributed by atoms with Crippen molar-refractivity contribution < 1.29 is 22.7 Å². The molecule has 0 saturated carbocycles. The summed E-state index contributed by atoms with van der Waals surface area (Å²) in [6.45, 7) is 12.1. The van der Waals surface area contributed by atoms with Gasteiger partial charge < -0.3 is 9.64 Å². The molecule has 5 nitrogen and oxygen atoms in total. The highest BCUT2D eigenvalue weighted by molar-refractivity contribution is 5.85. The molecule has 0 bridgehead atoms. The molecule has 1 aromatic carbocycles. The molecule has 0 amide bonds. The molecule has 0 atom stereocenters. The quantitative estimate of drug-likeness (QED) is 0.480. The van der Waals surface area contributed by atoms with Crippen LogP contribution >= 0.6 is 24.8 Å². The predicted octanol–water partition coefficient (Wildman–Crippen LogP) is 5.11. The molecule has 10 heteroatoms. The maximum Gasteiger partial charge on any atom is 0.416 e. The van der Waals surface area contributed by atoms with Gasteiger partial charge in [0.25, 0.3) is 0 Å². The molecule has 34 heavy (non-hydrogen) atoms. The Bertz CT molecular complexity index is 759. The van der Waals surface area contributed by atoms with Crippen molar-refractivity contribution in [3.8, 4) is 0 Å². The van der Waals surface area contributed by atoms with Gasteiger partial charge in [0.1, 0.15) is 5.60 Å². The van der Waals surface area contributed by atoms with E-state index in [1.165, 1.54) is 12.1 Å². The van der Waals surface area contributed by atoms with E-state index in [1.54, 1.807) is 6.07 Å². The number of hydrogen-bond acceptors (Lipinski definition) is 5. The van der Waals surface area contributed by atoms with Gasteiger partial charge in [0.2, 0.25) is 0 Å². The Balaban J connectivity index is 0.00000289. The molecule has 1 aromatic rings. The van der Waals surface area contributed by atoms with Crippen LogP contribution in [0.4, 0.5) is 18.9 Å². The Morgan fingerprint density at radius 1 is 0.971 bits per heavy atom. The summed E-state index contributed by atoms with van der Waals surface area (Å²) in [5.41, 5.74) is -0.382. The van der Waals surface area contributed by atoms with Crippen LogP contribution in [0.15, 0.2) is 24.3 Å². The molecule has 0 radical (unpaired) electrons. The summed E-state index contributed by atoms with van der Waals surface area (Å²) in [5, 5.41) is 0. The smallest absolute Gasteiger partial charge is 0.416 e. The second-order valence-electron chi connectivity index (χ2n) is 9.97. The Hall–Kier alpha value is -1.22. The van der Waals surface area contributed by atoms with Gasteiger partial charge >= 0.3 is 12.1 Å². The van der Waals surface area contributed by atoms with Gasteiger partial charge in [-0.15, -0.1) is 24.8 Å². The van der Waals surface area contributed by atoms with E-state index in [-0.39, 0.29) is 30.8 Å². The molecule has 196 valence electrons. The standard InChI is InChI=1S/C24H36F3N3O2.2ClH/c1-23(2,3)32-22(31)18-29-11-8-19(9-12-29)7-10-28-13-15-30(16-14-28)21-6-4-5-20(17-21)24(25,26)27;;/h4-6,17,19H,7-16,18H2,1-3H3;2*1H. The number of anilines is 1. The Kier molecular flexibility index (Phi) is 12.0. The minimum atomic E-state index is -4.31. The third kappa shape index (κ3) is 9.80. The minimum Gasteiger partial charge on any atom is -0.459 e. The summed E-state index contributed by atoms with van der Waals surface area (Å²) in [6, 6.07) is 5.62. The first-order valence-corrected chi connectivity index (χ1v) is 11.6. The number of alkyl halides is 3. The minimum absolute atomic E-state index is 0. The van der Waals surface area contributed by atoms with E-state index in [0.29, 0.717) is 18.2 Å². The summed E-state index contributed by atoms with van der Waals surface area (Å²) < 4.78 is 44.3. The summed E-state index contributed by atoms with van der Waals surface area (Å²) in [5.74, 6) is 0.501. The average molecular weight is 528 g/mol. The van der Waals surface area contributed by atoms with Crippen LogP contribution in [0, 0.1) is 5.92 Å². The van der Waals surface area contributed by atoms with E-state index in [1.807, 2.05) is 25.7 Å². The molecule has 0 aliphatic carbocycles. The van der Waals surface area contributed by atoms with Gasteiger partial charge in [-0.2, -0.15) is 13.2 Å². The molecular formula is C24H38Cl2F3N3O2. The lowest BCUT2D eigenvalue weighted by Gasteiger charge is -2.37. The highest BCUT2D eigenvalue weighted by Crippen LogP contribution is 2.32. The molecule has 0 N–H and O–H groups in total. The summed E-state index contributed by atoms with van der Waals surface area (Å²) in [4.78, 5) is 18.6. The van der Waals surface area contributed by atoms with E-state index in [0.717, 1.165) is 71.1 Å². The van der Waals surface area contributed by atoms with E-state index < -0.39 is 17.3 Å². The fraction of sp³-hybridized carbons (Fsp3) is 0.708. The lowest BCUT2D eigenvalue weighted by Crippen LogP contribution is -2.47. The lowest BCUT2D eigenvalue weighted by molar-refractivity contribution is -0.156. The van der Waals surface area contributed by atoms with Gasteiger partial charge in [0, 0.05) is 31.9 Å². The molecule has 2 aliphatic heterocycles. The van der Waals surface area contributed by atoms with E-state index in [9.17, 15) is 18.0 Å². The first kappa shape index (κ1) is 30.8. The largest absolute Gasteiger partial charge is 0.459 e. The zero-order valence-corrected chi connectivity index (χ0v) is 21.9. The summed E-state index contributed by atoms with van der Waals surface area (Å²) >= 11 is 0. The van der Waals surface area contributed by atoms with Gasteiger partial charge in [-0.25, -0.2) is 0 Å². The SMILES string of the molecule is CC(C)(C)OC(=O)CN1CCC(CCN2CCN(c3cccc(C(F)(F)F)c3)CC2)CC1.Cl.Cl. The first-order chi connectivity index (χ1) is 15.0. The average Bonchev–Trinajstić information content (AvgIpc) is 2.72. The molecule has 2 fully saturated rings. The predicted molar refractivity (Wildman–Crippen MR) is 134 cm³/mol. The fourth-order valence-corrected chi connectivity index (χ4v) is 4.46. The van der Waals surface area contributed by atoms with Crippen molar-refractivity contribution in [3.63, 3.8) is 0 Å². The number of likely N-dealkylation sites (tertiary alicyclic amines) is 1. The second kappa shape index (κ2) is 13.2. The van der Waals surface area contributed by atoms with Crippen LogP contribution in [-0.4, -0.2) is 73.7 Å². The number of hydrogen-bond donors (Lipinski definition) is 0. The van der Waals surface area contributed by atoms with Gasteiger partial charge in [0.05, 0.1) is 12.1 Å². The number of nitrogens with zero attached hydrogens (tertiary/aromatic N) is 3. The van der Waals surface area contributed by atoms with Crippen LogP contribution in [0.2, 0.25) is 0 Å². The highest BCUT2D eigenvalue weighted by Gasteiger charge is 2.31. The molecule has 3 rings (SSSR count). The van der Waals surface area contributed by atoms with Gasteiger partial charge in [-0.1, -0.05) is 6.07 Å². The summed E-state index contributed by atoms with van der Waals surface area (Å²) in [7, 11) is 0. The Morgan fingerprint density at radius 3 is 2.15 bits per heavy atom. The molecule has 2 heterocycles. The van der Waals surface area contributed by atoms with E-state index in [4.69, 9.17) is 4.74 Å². The molecule has 0 spiro atoms. The van der Waals surface area contributed by atoms with E-state index in [2.05, 4.69) is 9.80 Å². The zero-order chi connectivity index (χ0) is 23.4. The highest BCUT2D eigenvalue weighted by atomic mass is 35.5. The third-order valence-corrected chi connectivity index (χ3v) is 6.24.